The predicted octanol–water partition coefficient (Wildman–Crippen LogP) is 4.96. The van der Waals surface area contributed by atoms with Gasteiger partial charge in [0.05, 0.1) is 5.92 Å². The minimum Gasteiger partial charge on any atom is -0.442 e. The Hall–Kier alpha value is -1.56. The van der Waals surface area contributed by atoms with Crippen LogP contribution in [0, 0.1) is 5.92 Å². The van der Waals surface area contributed by atoms with Gasteiger partial charge in [-0.25, -0.2) is 4.98 Å². The maximum absolute atomic E-state index is 12.8. The molecule has 156 valence electrons. The summed E-state index contributed by atoms with van der Waals surface area (Å²) >= 11 is 0. The van der Waals surface area contributed by atoms with Crippen molar-refractivity contribution in [3.8, 4) is 11.3 Å². The lowest BCUT2D eigenvalue weighted by Crippen LogP contribution is -2.41. The molecular weight excluding hydrogens is 397 g/mol. The molecule has 0 radical (unpaired) electrons. The van der Waals surface area contributed by atoms with Gasteiger partial charge in [-0.3, -0.25) is 4.79 Å². The molecule has 28 heavy (non-hydrogen) atoms. The molecule has 5 nitrogen and oxygen atoms in total. The summed E-state index contributed by atoms with van der Waals surface area (Å²) in [5.74, 6) is 1.64. The Morgan fingerprint density at radius 3 is 2.39 bits per heavy atom. The van der Waals surface area contributed by atoms with E-state index in [4.69, 9.17) is 15.1 Å². The Kier molecular flexibility index (Phi) is 8.99. The van der Waals surface area contributed by atoms with Crippen molar-refractivity contribution >= 4 is 30.7 Å². The Morgan fingerprint density at radius 2 is 1.82 bits per heavy atom. The van der Waals surface area contributed by atoms with Crippen molar-refractivity contribution in [3.05, 3.63) is 42.0 Å². The van der Waals surface area contributed by atoms with E-state index in [1.54, 1.807) is 0 Å². The molecule has 0 saturated carbocycles. The number of aromatic nitrogens is 1. The number of halogens is 2. The van der Waals surface area contributed by atoms with E-state index in [1.807, 2.05) is 49.1 Å². The third kappa shape index (κ3) is 4.88. The monoisotopic (exact) mass is 427 g/mol. The molecule has 1 aliphatic heterocycles. The van der Waals surface area contributed by atoms with Crippen LogP contribution in [-0.2, 0) is 4.79 Å². The number of nitrogens with zero attached hydrogens (tertiary/aromatic N) is 2. The number of hydrogen-bond donors (Lipinski definition) is 1. The van der Waals surface area contributed by atoms with E-state index in [0.29, 0.717) is 5.89 Å². The summed E-state index contributed by atoms with van der Waals surface area (Å²) in [5.41, 5.74) is 7.88. The summed E-state index contributed by atoms with van der Waals surface area (Å²) in [7, 11) is 0. The fourth-order valence-corrected chi connectivity index (χ4v) is 3.46. The minimum atomic E-state index is -0.205. The lowest BCUT2D eigenvalue weighted by Gasteiger charge is -2.27. The third-order valence-corrected chi connectivity index (χ3v) is 5.24. The SMILES string of the molecule is CC(C)c1oc(C2CCCN2C(=O)C(C)C(C)N)nc1-c1ccccc1.Cl.Cl. The van der Waals surface area contributed by atoms with Crippen molar-refractivity contribution in [1.82, 2.24) is 9.88 Å². The first-order valence-electron chi connectivity index (χ1n) is 9.52. The first-order valence-corrected chi connectivity index (χ1v) is 9.52. The number of carbonyl (C=O) groups is 1. The number of carbonyl (C=O) groups excluding carboxylic acids is 1. The molecule has 1 aromatic carbocycles. The van der Waals surface area contributed by atoms with E-state index in [9.17, 15) is 4.79 Å². The van der Waals surface area contributed by atoms with Crippen molar-refractivity contribution in [2.75, 3.05) is 6.54 Å². The largest absolute Gasteiger partial charge is 0.442 e. The minimum absolute atomic E-state index is 0. The second-order valence-electron chi connectivity index (χ2n) is 7.62. The molecule has 1 fully saturated rings. The summed E-state index contributed by atoms with van der Waals surface area (Å²) in [5, 5.41) is 0. The molecule has 1 aliphatic rings. The zero-order valence-electron chi connectivity index (χ0n) is 16.9. The molecule has 2 heterocycles. The average molecular weight is 428 g/mol. The van der Waals surface area contributed by atoms with Crippen LogP contribution < -0.4 is 5.73 Å². The second-order valence-corrected chi connectivity index (χ2v) is 7.62. The zero-order valence-corrected chi connectivity index (χ0v) is 18.6. The van der Waals surface area contributed by atoms with Gasteiger partial charge in [-0.05, 0) is 19.8 Å². The van der Waals surface area contributed by atoms with Crippen LogP contribution in [0.2, 0.25) is 0 Å². The van der Waals surface area contributed by atoms with Crippen LogP contribution in [-0.4, -0.2) is 28.4 Å². The van der Waals surface area contributed by atoms with Crippen molar-refractivity contribution in [2.45, 2.75) is 58.5 Å². The van der Waals surface area contributed by atoms with E-state index in [0.717, 1.165) is 36.4 Å². The molecule has 0 aliphatic carbocycles. The van der Waals surface area contributed by atoms with Gasteiger partial charge in [-0.1, -0.05) is 51.1 Å². The van der Waals surface area contributed by atoms with E-state index >= 15 is 0 Å². The maximum atomic E-state index is 12.8. The molecule has 0 bridgehead atoms. The van der Waals surface area contributed by atoms with Crippen LogP contribution in [0.4, 0.5) is 0 Å². The first kappa shape index (κ1) is 24.5. The fraction of sp³-hybridized carbons (Fsp3) is 0.524. The molecule has 3 rings (SSSR count). The van der Waals surface area contributed by atoms with Crippen LogP contribution in [0.3, 0.4) is 0 Å². The molecule has 0 spiro atoms. The quantitative estimate of drug-likeness (QED) is 0.731. The molecule has 7 heteroatoms. The third-order valence-electron chi connectivity index (χ3n) is 5.24. The Balaban J connectivity index is 0.00000196. The van der Waals surface area contributed by atoms with E-state index in [1.165, 1.54) is 0 Å². The Labute approximate surface area is 179 Å². The predicted molar refractivity (Wildman–Crippen MR) is 117 cm³/mol. The normalized spacial score (nSPS) is 18.4. The topological polar surface area (TPSA) is 72.4 Å². The van der Waals surface area contributed by atoms with Gasteiger partial charge in [0, 0.05) is 24.1 Å². The van der Waals surface area contributed by atoms with Crippen LogP contribution in [0.15, 0.2) is 34.7 Å². The van der Waals surface area contributed by atoms with Crippen LogP contribution in [0.1, 0.15) is 64.1 Å². The van der Waals surface area contributed by atoms with E-state index in [2.05, 4.69) is 13.8 Å². The summed E-state index contributed by atoms with van der Waals surface area (Å²) < 4.78 is 6.20. The van der Waals surface area contributed by atoms with Gasteiger partial charge in [0.25, 0.3) is 0 Å². The van der Waals surface area contributed by atoms with Gasteiger partial charge >= 0.3 is 0 Å². The van der Waals surface area contributed by atoms with Gasteiger partial charge < -0.3 is 15.1 Å². The van der Waals surface area contributed by atoms with Gasteiger partial charge in [-0.15, -0.1) is 24.8 Å². The number of likely N-dealkylation sites (tertiary alicyclic amines) is 1. The molecule has 3 unspecified atom stereocenters. The smallest absolute Gasteiger partial charge is 0.227 e. The molecule has 1 aromatic heterocycles. The van der Waals surface area contributed by atoms with Crippen LogP contribution in [0.5, 0.6) is 0 Å². The lowest BCUT2D eigenvalue weighted by atomic mass is 10.0. The molecule has 1 saturated heterocycles. The lowest BCUT2D eigenvalue weighted by molar-refractivity contribution is -0.136. The van der Waals surface area contributed by atoms with Crippen molar-refractivity contribution in [1.29, 1.82) is 0 Å². The number of benzene rings is 1. The van der Waals surface area contributed by atoms with E-state index in [-0.39, 0.29) is 54.6 Å². The highest BCUT2D eigenvalue weighted by molar-refractivity contribution is 5.85. The van der Waals surface area contributed by atoms with E-state index < -0.39 is 0 Å². The summed E-state index contributed by atoms with van der Waals surface area (Å²) in [4.78, 5) is 19.6. The summed E-state index contributed by atoms with van der Waals surface area (Å²) in [6.07, 6.45) is 1.84. The summed E-state index contributed by atoms with van der Waals surface area (Å²) in [6.45, 7) is 8.72. The van der Waals surface area contributed by atoms with Gasteiger partial charge in [0.15, 0.2) is 0 Å². The first-order chi connectivity index (χ1) is 12.4. The average Bonchev–Trinajstić information content (AvgIpc) is 3.27. The van der Waals surface area contributed by atoms with Crippen molar-refractivity contribution < 1.29 is 9.21 Å². The number of oxazole rings is 1. The summed E-state index contributed by atoms with van der Waals surface area (Å²) in [6, 6.07) is 9.82. The van der Waals surface area contributed by atoms with Gasteiger partial charge in [0.2, 0.25) is 11.8 Å². The maximum Gasteiger partial charge on any atom is 0.227 e. The highest BCUT2D eigenvalue weighted by Crippen LogP contribution is 2.37. The fourth-order valence-electron chi connectivity index (χ4n) is 3.46. The second kappa shape index (κ2) is 10.3. The Morgan fingerprint density at radius 1 is 1.18 bits per heavy atom. The molecule has 1 amide bonds. The van der Waals surface area contributed by atoms with Crippen molar-refractivity contribution in [2.24, 2.45) is 11.7 Å². The van der Waals surface area contributed by atoms with Crippen LogP contribution >= 0.6 is 24.8 Å². The highest BCUT2D eigenvalue weighted by Gasteiger charge is 2.37. The standard InChI is InChI=1S/C21H29N3O2.2ClH/c1-13(2)19-18(16-9-6-5-7-10-16)23-20(26-19)17-11-8-12-24(17)21(25)14(3)15(4)22;;/h5-7,9-10,13-15,17H,8,11-12,22H2,1-4H3;2*1H. The van der Waals surface area contributed by atoms with Gasteiger partial charge in [-0.2, -0.15) is 0 Å². The molecular formula is C21H31Cl2N3O2. The number of rotatable bonds is 5. The Bertz CT molecular complexity index is 762. The molecule has 2 aromatic rings. The highest BCUT2D eigenvalue weighted by atomic mass is 35.5. The van der Waals surface area contributed by atoms with Crippen molar-refractivity contribution in [3.63, 3.8) is 0 Å². The zero-order chi connectivity index (χ0) is 18.8. The number of nitrogens with two attached hydrogens (primary N) is 1. The molecule has 2 N–H and O–H groups in total. The molecule has 3 atom stereocenters. The van der Waals surface area contributed by atoms with Crippen LogP contribution in [0.25, 0.3) is 11.3 Å². The number of amides is 1. The van der Waals surface area contributed by atoms with Gasteiger partial charge in [0.1, 0.15) is 17.5 Å². The number of hydrogen-bond acceptors (Lipinski definition) is 4.